The van der Waals surface area contributed by atoms with Crippen molar-refractivity contribution < 1.29 is 9.21 Å². The summed E-state index contributed by atoms with van der Waals surface area (Å²) in [5.41, 5.74) is 2.49. The molecule has 0 bridgehead atoms. The number of anilines is 1. The minimum atomic E-state index is -0.106. The van der Waals surface area contributed by atoms with Gasteiger partial charge in [0.2, 0.25) is 0 Å². The zero-order valence-corrected chi connectivity index (χ0v) is 16.6. The molecule has 0 N–H and O–H groups in total. The van der Waals surface area contributed by atoms with Crippen molar-refractivity contribution >= 4 is 23.2 Å². The Labute approximate surface area is 174 Å². The van der Waals surface area contributed by atoms with Crippen LogP contribution in [0.2, 0.25) is 5.02 Å². The van der Waals surface area contributed by atoms with Crippen LogP contribution in [0.15, 0.2) is 65.1 Å². The number of nitrogens with zero attached hydrogens (tertiary/aromatic N) is 3. The first kappa shape index (κ1) is 19.1. The van der Waals surface area contributed by atoms with E-state index in [0.29, 0.717) is 35.2 Å². The maximum Gasteiger partial charge on any atom is 0.289 e. The molecule has 6 heteroatoms. The molecule has 1 fully saturated rings. The van der Waals surface area contributed by atoms with Crippen molar-refractivity contribution in [2.75, 3.05) is 31.1 Å². The molecular formula is C23H20ClN3O2. The van der Waals surface area contributed by atoms with E-state index in [2.05, 4.69) is 11.0 Å². The van der Waals surface area contributed by atoms with Crippen molar-refractivity contribution in [3.05, 3.63) is 77.0 Å². The molecule has 1 amide bonds. The van der Waals surface area contributed by atoms with Gasteiger partial charge in [-0.3, -0.25) is 4.79 Å². The van der Waals surface area contributed by atoms with Crippen molar-refractivity contribution in [2.24, 2.45) is 0 Å². The summed E-state index contributed by atoms with van der Waals surface area (Å²) >= 11 is 6.23. The SMILES string of the molecule is N#Cc1ccc(N2CCCN(C(=O)c3ccc(-c4ccccc4Cl)o3)CC2)cc1. The summed E-state index contributed by atoms with van der Waals surface area (Å²) in [6.45, 7) is 2.88. The van der Waals surface area contributed by atoms with E-state index in [0.717, 1.165) is 30.8 Å². The lowest BCUT2D eigenvalue weighted by Crippen LogP contribution is -2.35. The molecule has 0 spiro atoms. The fraction of sp³-hybridized carbons (Fsp3) is 0.217. The molecule has 0 unspecified atom stereocenters. The number of hydrogen-bond acceptors (Lipinski definition) is 4. The highest BCUT2D eigenvalue weighted by Crippen LogP contribution is 2.29. The first-order valence-electron chi connectivity index (χ1n) is 9.55. The lowest BCUT2D eigenvalue weighted by molar-refractivity contribution is 0.0736. The van der Waals surface area contributed by atoms with Crippen LogP contribution in [-0.4, -0.2) is 37.0 Å². The van der Waals surface area contributed by atoms with E-state index in [1.807, 2.05) is 47.4 Å². The highest BCUT2D eigenvalue weighted by atomic mass is 35.5. The molecule has 1 aliphatic rings. The second-order valence-corrected chi connectivity index (χ2v) is 7.34. The predicted molar refractivity (Wildman–Crippen MR) is 113 cm³/mol. The van der Waals surface area contributed by atoms with E-state index in [-0.39, 0.29) is 5.91 Å². The average Bonchev–Trinajstić information content (AvgIpc) is 3.11. The number of furan rings is 1. The van der Waals surface area contributed by atoms with E-state index in [1.165, 1.54) is 0 Å². The summed E-state index contributed by atoms with van der Waals surface area (Å²) in [4.78, 5) is 17.0. The molecular weight excluding hydrogens is 386 g/mol. The molecule has 0 aliphatic carbocycles. The maximum absolute atomic E-state index is 13.0. The summed E-state index contributed by atoms with van der Waals surface area (Å²) in [5.74, 6) is 0.810. The third kappa shape index (κ3) is 4.13. The summed E-state index contributed by atoms with van der Waals surface area (Å²) < 4.78 is 5.82. The molecule has 4 rings (SSSR count). The molecule has 0 saturated carbocycles. The smallest absolute Gasteiger partial charge is 0.289 e. The second kappa shape index (κ2) is 8.42. The van der Waals surface area contributed by atoms with Crippen molar-refractivity contribution in [1.29, 1.82) is 5.26 Å². The van der Waals surface area contributed by atoms with Crippen LogP contribution >= 0.6 is 11.6 Å². The van der Waals surface area contributed by atoms with E-state index in [1.54, 1.807) is 18.2 Å². The molecule has 1 saturated heterocycles. The van der Waals surface area contributed by atoms with Crippen LogP contribution in [0.3, 0.4) is 0 Å². The summed E-state index contributed by atoms with van der Waals surface area (Å²) in [5, 5.41) is 9.54. The maximum atomic E-state index is 13.0. The Morgan fingerprint density at radius 3 is 2.52 bits per heavy atom. The van der Waals surface area contributed by atoms with Gasteiger partial charge >= 0.3 is 0 Å². The molecule has 1 aliphatic heterocycles. The van der Waals surface area contributed by atoms with Gasteiger partial charge in [0.1, 0.15) is 5.76 Å². The Morgan fingerprint density at radius 2 is 1.76 bits per heavy atom. The van der Waals surface area contributed by atoms with Crippen LogP contribution in [0.1, 0.15) is 22.5 Å². The van der Waals surface area contributed by atoms with Gasteiger partial charge in [0.25, 0.3) is 5.91 Å². The average molecular weight is 406 g/mol. The lowest BCUT2D eigenvalue weighted by Gasteiger charge is -2.23. The Bertz CT molecular complexity index is 1050. The van der Waals surface area contributed by atoms with Crippen molar-refractivity contribution in [2.45, 2.75) is 6.42 Å². The third-order valence-electron chi connectivity index (χ3n) is 5.10. The van der Waals surface area contributed by atoms with Crippen LogP contribution in [0.25, 0.3) is 11.3 Å². The van der Waals surface area contributed by atoms with Crippen LogP contribution in [0.5, 0.6) is 0 Å². The van der Waals surface area contributed by atoms with Crippen LogP contribution in [0, 0.1) is 11.3 Å². The number of carbonyl (C=O) groups is 1. The van der Waals surface area contributed by atoms with E-state index < -0.39 is 0 Å². The highest BCUT2D eigenvalue weighted by Gasteiger charge is 2.23. The monoisotopic (exact) mass is 405 g/mol. The quantitative estimate of drug-likeness (QED) is 0.626. The van der Waals surface area contributed by atoms with Crippen molar-refractivity contribution in [1.82, 2.24) is 4.90 Å². The highest BCUT2D eigenvalue weighted by molar-refractivity contribution is 6.33. The summed E-state index contributed by atoms with van der Waals surface area (Å²) in [7, 11) is 0. The Balaban J connectivity index is 1.45. The molecule has 2 heterocycles. The Morgan fingerprint density at radius 1 is 0.966 bits per heavy atom. The Kier molecular flexibility index (Phi) is 5.55. The van der Waals surface area contributed by atoms with Gasteiger partial charge < -0.3 is 14.2 Å². The third-order valence-corrected chi connectivity index (χ3v) is 5.43. The largest absolute Gasteiger partial charge is 0.451 e. The number of rotatable bonds is 3. The molecule has 5 nitrogen and oxygen atoms in total. The lowest BCUT2D eigenvalue weighted by atomic mass is 10.2. The molecule has 0 radical (unpaired) electrons. The van der Waals surface area contributed by atoms with Gasteiger partial charge in [-0.25, -0.2) is 0 Å². The topological polar surface area (TPSA) is 60.5 Å². The summed E-state index contributed by atoms with van der Waals surface area (Å²) in [6.07, 6.45) is 0.865. The van der Waals surface area contributed by atoms with E-state index >= 15 is 0 Å². The fourth-order valence-corrected chi connectivity index (χ4v) is 3.77. The molecule has 0 atom stereocenters. The predicted octanol–water partition coefficient (Wildman–Crippen LogP) is 4.82. The van der Waals surface area contributed by atoms with Crippen molar-refractivity contribution in [3.63, 3.8) is 0 Å². The number of nitriles is 1. The van der Waals surface area contributed by atoms with Crippen LogP contribution in [0.4, 0.5) is 5.69 Å². The molecule has 146 valence electrons. The molecule has 3 aromatic rings. The number of amides is 1. The Hall–Kier alpha value is -3.23. The minimum Gasteiger partial charge on any atom is -0.451 e. The molecule has 1 aromatic heterocycles. The van der Waals surface area contributed by atoms with Gasteiger partial charge in [0.05, 0.1) is 16.7 Å². The fourth-order valence-electron chi connectivity index (χ4n) is 3.54. The van der Waals surface area contributed by atoms with Crippen LogP contribution in [-0.2, 0) is 0 Å². The first-order valence-corrected chi connectivity index (χ1v) is 9.92. The zero-order valence-electron chi connectivity index (χ0n) is 15.8. The van der Waals surface area contributed by atoms with Gasteiger partial charge in [0, 0.05) is 37.4 Å². The van der Waals surface area contributed by atoms with E-state index in [9.17, 15) is 4.79 Å². The number of benzene rings is 2. The van der Waals surface area contributed by atoms with E-state index in [4.69, 9.17) is 21.3 Å². The summed E-state index contributed by atoms with van der Waals surface area (Å²) in [6, 6.07) is 20.6. The first-order chi connectivity index (χ1) is 14.2. The van der Waals surface area contributed by atoms with Gasteiger partial charge in [-0.2, -0.15) is 5.26 Å². The van der Waals surface area contributed by atoms with Crippen LogP contribution < -0.4 is 4.90 Å². The minimum absolute atomic E-state index is 0.106. The number of halogens is 1. The normalized spacial score (nSPS) is 14.3. The number of hydrogen-bond donors (Lipinski definition) is 0. The molecule has 29 heavy (non-hydrogen) atoms. The zero-order chi connectivity index (χ0) is 20.2. The standard InChI is InChI=1S/C23H20ClN3O2/c24-20-5-2-1-4-19(20)21-10-11-22(29-21)23(28)27-13-3-12-26(14-15-27)18-8-6-17(16-25)7-9-18/h1-2,4-11H,3,12-15H2. The van der Waals surface area contributed by atoms with Gasteiger partial charge in [-0.05, 0) is 55.0 Å². The number of carbonyl (C=O) groups excluding carboxylic acids is 1. The molecule has 2 aromatic carbocycles. The second-order valence-electron chi connectivity index (χ2n) is 6.94. The van der Waals surface area contributed by atoms with Gasteiger partial charge in [0.15, 0.2) is 5.76 Å². The van der Waals surface area contributed by atoms with Gasteiger partial charge in [-0.15, -0.1) is 0 Å². The van der Waals surface area contributed by atoms with Gasteiger partial charge in [-0.1, -0.05) is 23.7 Å². The van der Waals surface area contributed by atoms with Crippen molar-refractivity contribution in [3.8, 4) is 17.4 Å².